The lowest BCUT2D eigenvalue weighted by molar-refractivity contribution is 0.0945. The second-order valence-electron chi connectivity index (χ2n) is 4.36. The number of phenolic OH excluding ortho intramolecular Hbond substituents is 1. The van der Waals surface area contributed by atoms with Crippen molar-refractivity contribution in [2.24, 2.45) is 12.1 Å². The zero-order valence-corrected chi connectivity index (χ0v) is 12.0. The van der Waals surface area contributed by atoms with Crippen LogP contribution in [0.1, 0.15) is 23.0 Å². The fourth-order valence-electron chi connectivity index (χ4n) is 1.76. The van der Waals surface area contributed by atoms with Gasteiger partial charge in [0.25, 0.3) is 5.91 Å². The predicted octanol–water partition coefficient (Wildman–Crippen LogP) is 1.29. The van der Waals surface area contributed by atoms with E-state index in [9.17, 15) is 9.90 Å². The zero-order valence-electron chi connectivity index (χ0n) is 12.0. The molecule has 7 heteroatoms. The van der Waals surface area contributed by atoms with E-state index in [2.05, 4.69) is 15.6 Å². The Kier molecular flexibility index (Phi) is 4.22. The minimum absolute atomic E-state index is 0.0490. The average molecular weight is 288 g/mol. The summed E-state index contributed by atoms with van der Waals surface area (Å²) in [5.41, 5.74) is 4.19. The third kappa shape index (κ3) is 3.19. The van der Waals surface area contributed by atoms with E-state index in [4.69, 9.17) is 4.74 Å². The van der Waals surface area contributed by atoms with Gasteiger partial charge in [0.05, 0.1) is 12.8 Å². The van der Waals surface area contributed by atoms with Crippen LogP contribution in [0.2, 0.25) is 0 Å². The Labute approximate surface area is 121 Å². The number of ether oxygens (including phenoxy) is 1. The van der Waals surface area contributed by atoms with Crippen molar-refractivity contribution in [3.63, 3.8) is 0 Å². The summed E-state index contributed by atoms with van der Waals surface area (Å²) in [4.78, 5) is 11.9. The first-order valence-electron chi connectivity index (χ1n) is 6.23. The molecule has 2 N–H and O–H groups in total. The third-order valence-corrected chi connectivity index (χ3v) is 2.98. The zero-order chi connectivity index (χ0) is 15.4. The normalized spacial score (nSPS) is 11.3. The summed E-state index contributed by atoms with van der Waals surface area (Å²) >= 11 is 0. The maximum absolute atomic E-state index is 11.9. The number of phenols is 1. The minimum Gasteiger partial charge on any atom is -0.504 e. The van der Waals surface area contributed by atoms with Crippen LogP contribution in [-0.2, 0) is 7.05 Å². The second kappa shape index (κ2) is 6.08. The molecule has 0 aliphatic rings. The number of nitrogens with one attached hydrogen (secondary N) is 1. The lowest BCUT2D eigenvalue weighted by atomic mass is 10.1. The van der Waals surface area contributed by atoms with E-state index in [-0.39, 0.29) is 11.7 Å². The van der Waals surface area contributed by atoms with Gasteiger partial charge >= 0.3 is 0 Å². The largest absolute Gasteiger partial charge is 0.504 e. The van der Waals surface area contributed by atoms with Gasteiger partial charge in [0.1, 0.15) is 5.69 Å². The van der Waals surface area contributed by atoms with Crippen molar-refractivity contribution >= 4 is 11.6 Å². The molecule has 0 aliphatic carbocycles. The van der Waals surface area contributed by atoms with Gasteiger partial charge in [-0.25, -0.2) is 5.43 Å². The highest BCUT2D eigenvalue weighted by Gasteiger charge is 2.09. The average Bonchev–Trinajstić information content (AvgIpc) is 2.91. The Morgan fingerprint density at radius 1 is 1.43 bits per heavy atom. The van der Waals surface area contributed by atoms with E-state index >= 15 is 0 Å². The highest BCUT2D eigenvalue weighted by Crippen LogP contribution is 2.26. The van der Waals surface area contributed by atoms with Gasteiger partial charge in [-0.2, -0.15) is 10.2 Å². The summed E-state index contributed by atoms with van der Waals surface area (Å²) in [6, 6.07) is 6.44. The van der Waals surface area contributed by atoms with Crippen molar-refractivity contribution in [1.29, 1.82) is 0 Å². The van der Waals surface area contributed by atoms with Gasteiger partial charge in [-0.15, -0.1) is 0 Å². The van der Waals surface area contributed by atoms with Crippen molar-refractivity contribution < 1.29 is 14.6 Å². The van der Waals surface area contributed by atoms with Crippen LogP contribution in [0, 0.1) is 0 Å². The molecule has 0 unspecified atom stereocenters. The first-order valence-corrected chi connectivity index (χ1v) is 6.23. The lowest BCUT2D eigenvalue weighted by Gasteiger charge is -2.07. The monoisotopic (exact) mass is 288 g/mol. The van der Waals surface area contributed by atoms with E-state index in [1.807, 2.05) is 0 Å². The fourth-order valence-corrected chi connectivity index (χ4v) is 1.76. The van der Waals surface area contributed by atoms with Crippen LogP contribution < -0.4 is 10.2 Å². The number of benzene rings is 1. The molecule has 1 amide bonds. The molecule has 0 saturated carbocycles. The first kappa shape index (κ1) is 14.6. The molecule has 2 aromatic rings. The van der Waals surface area contributed by atoms with E-state index in [0.717, 1.165) is 5.56 Å². The minimum atomic E-state index is -0.347. The molecule has 0 fully saturated rings. The molecule has 0 aliphatic heterocycles. The molecule has 2 rings (SSSR count). The summed E-state index contributed by atoms with van der Waals surface area (Å²) in [5.74, 6) is 0.0491. The number of hydrogen-bond acceptors (Lipinski definition) is 5. The number of carbonyl (C=O) groups excluding carboxylic acids is 1. The molecule has 21 heavy (non-hydrogen) atoms. The lowest BCUT2D eigenvalue weighted by Crippen LogP contribution is -2.22. The van der Waals surface area contributed by atoms with Gasteiger partial charge in [-0.1, -0.05) is 0 Å². The van der Waals surface area contributed by atoms with Gasteiger partial charge in [0, 0.05) is 18.8 Å². The summed E-state index contributed by atoms with van der Waals surface area (Å²) in [6.07, 6.45) is 1.54. The smallest absolute Gasteiger partial charge is 0.289 e. The number of carbonyl (C=O) groups is 1. The summed E-state index contributed by atoms with van der Waals surface area (Å²) in [6.45, 7) is 1.75. The summed E-state index contributed by atoms with van der Waals surface area (Å²) in [5, 5.41) is 17.5. The Balaban J connectivity index is 2.14. The number of hydrazone groups is 1. The molecule has 0 radical (unpaired) electrons. The highest BCUT2D eigenvalue weighted by atomic mass is 16.5. The number of aromatic hydroxyl groups is 1. The van der Waals surface area contributed by atoms with Crippen molar-refractivity contribution in [3.8, 4) is 11.5 Å². The van der Waals surface area contributed by atoms with Crippen LogP contribution in [0.4, 0.5) is 0 Å². The molecular weight excluding hydrogens is 272 g/mol. The molecular formula is C14H16N4O3. The summed E-state index contributed by atoms with van der Waals surface area (Å²) in [7, 11) is 3.14. The fraction of sp³-hybridized carbons (Fsp3) is 0.214. The molecule has 1 aromatic heterocycles. The Morgan fingerprint density at radius 3 is 2.81 bits per heavy atom. The molecule has 0 bridgehead atoms. The van der Waals surface area contributed by atoms with Crippen molar-refractivity contribution in [3.05, 3.63) is 41.7 Å². The second-order valence-corrected chi connectivity index (χ2v) is 4.36. The molecule has 0 saturated heterocycles. The number of nitrogens with zero attached hydrogens (tertiary/aromatic N) is 3. The van der Waals surface area contributed by atoms with Crippen LogP contribution >= 0.6 is 0 Å². The first-order chi connectivity index (χ1) is 10.0. The predicted molar refractivity (Wildman–Crippen MR) is 77.5 cm³/mol. The standard InChI is InChI=1S/C14H16N4O3/c1-9(10-4-5-12(19)13(8-10)21-3)16-17-14(20)11-6-7-15-18(11)2/h4-8,19H,1-3H3,(H,17,20)/b16-9+. The van der Waals surface area contributed by atoms with E-state index in [0.29, 0.717) is 17.2 Å². The quantitative estimate of drug-likeness (QED) is 0.655. The Morgan fingerprint density at radius 2 is 2.19 bits per heavy atom. The molecule has 0 atom stereocenters. The van der Waals surface area contributed by atoms with Crippen LogP contribution in [0.15, 0.2) is 35.6 Å². The number of hydrogen-bond donors (Lipinski definition) is 2. The molecule has 0 spiro atoms. The van der Waals surface area contributed by atoms with Gasteiger partial charge < -0.3 is 9.84 Å². The molecule has 7 nitrogen and oxygen atoms in total. The van der Waals surface area contributed by atoms with E-state index in [1.54, 1.807) is 32.2 Å². The highest BCUT2D eigenvalue weighted by molar-refractivity contribution is 6.00. The summed E-state index contributed by atoms with van der Waals surface area (Å²) < 4.78 is 6.49. The molecule has 1 aromatic carbocycles. The van der Waals surface area contributed by atoms with Gasteiger partial charge in [0.15, 0.2) is 11.5 Å². The van der Waals surface area contributed by atoms with Crippen LogP contribution in [0.5, 0.6) is 11.5 Å². The van der Waals surface area contributed by atoms with E-state index < -0.39 is 0 Å². The molecule has 1 heterocycles. The van der Waals surface area contributed by atoms with Crippen molar-refractivity contribution in [2.45, 2.75) is 6.92 Å². The van der Waals surface area contributed by atoms with Crippen molar-refractivity contribution in [1.82, 2.24) is 15.2 Å². The SMILES string of the molecule is COc1cc(/C(C)=N/NC(=O)c2ccnn2C)ccc1O. The van der Waals surface area contributed by atoms with Gasteiger partial charge in [0.2, 0.25) is 0 Å². The number of aryl methyl sites for hydroxylation is 1. The maximum Gasteiger partial charge on any atom is 0.289 e. The molecule has 110 valence electrons. The van der Waals surface area contributed by atoms with Gasteiger partial charge in [-0.3, -0.25) is 9.48 Å². The number of amides is 1. The van der Waals surface area contributed by atoms with Crippen LogP contribution in [-0.4, -0.2) is 33.6 Å². The van der Waals surface area contributed by atoms with Crippen LogP contribution in [0.3, 0.4) is 0 Å². The number of aromatic nitrogens is 2. The number of methoxy groups -OCH3 is 1. The maximum atomic E-state index is 11.9. The van der Waals surface area contributed by atoms with Gasteiger partial charge in [-0.05, 0) is 31.2 Å². The Bertz CT molecular complexity index is 691. The third-order valence-electron chi connectivity index (χ3n) is 2.98. The number of rotatable bonds is 4. The van der Waals surface area contributed by atoms with Crippen molar-refractivity contribution in [2.75, 3.05) is 7.11 Å². The topological polar surface area (TPSA) is 88.7 Å². The van der Waals surface area contributed by atoms with E-state index in [1.165, 1.54) is 24.1 Å². The van der Waals surface area contributed by atoms with Crippen LogP contribution in [0.25, 0.3) is 0 Å². The Hall–Kier alpha value is -2.83.